The van der Waals surface area contributed by atoms with Gasteiger partial charge < -0.3 is 9.15 Å². The summed E-state index contributed by atoms with van der Waals surface area (Å²) in [5, 5.41) is 0. The molecule has 26 heavy (non-hydrogen) atoms. The number of aromatic nitrogens is 2. The fraction of sp³-hybridized carbons (Fsp3) is 0.0952. The number of hydrogen-bond donors (Lipinski definition) is 0. The van der Waals surface area contributed by atoms with E-state index in [9.17, 15) is 0 Å². The number of oxazole rings is 1. The largest absolute Gasteiger partial charge is 0.495 e. The number of hydrogen-bond acceptors (Lipinski definition) is 5. The highest BCUT2D eigenvalue weighted by Crippen LogP contribution is 2.31. The summed E-state index contributed by atoms with van der Waals surface area (Å²) in [6, 6.07) is 16.0. The Morgan fingerprint density at radius 2 is 1.92 bits per heavy atom. The Morgan fingerprint density at radius 3 is 2.81 bits per heavy atom. The molecule has 4 aromatic rings. The number of methoxy groups -OCH3 is 1. The molecule has 0 unspecified atom stereocenters. The van der Waals surface area contributed by atoms with E-state index in [1.54, 1.807) is 19.5 Å². The van der Waals surface area contributed by atoms with Gasteiger partial charge in [0.1, 0.15) is 17.0 Å². The molecule has 0 atom stereocenters. The molecule has 1 aliphatic rings. The van der Waals surface area contributed by atoms with Gasteiger partial charge >= 0.3 is 0 Å². The van der Waals surface area contributed by atoms with Crippen LogP contribution in [0.15, 0.2) is 70.3 Å². The van der Waals surface area contributed by atoms with Crippen LogP contribution in [0.1, 0.15) is 11.5 Å². The molecule has 0 saturated heterocycles. The minimum atomic E-state index is 0.581. The molecule has 0 amide bonds. The molecule has 0 saturated carbocycles. The highest BCUT2D eigenvalue weighted by Gasteiger charge is 2.20. The van der Waals surface area contributed by atoms with Crippen molar-refractivity contribution in [2.45, 2.75) is 6.42 Å². The van der Waals surface area contributed by atoms with Crippen molar-refractivity contribution < 1.29 is 9.15 Å². The topological polar surface area (TPSA) is 60.5 Å². The van der Waals surface area contributed by atoms with Gasteiger partial charge in [-0.2, -0.15) is 0 Å². The summed E-state index contributed by atoms with van der Waals surface area (Å²) in [5.74, 6) is 1.30. The van der Waals surface area contributed by atoms with Gasteiger partial charge in [0.05, 0.1) is 19.0 Å². The lowest BCUT2D eigenvalue weighted by molar-refractivity contribution is 0.413. The smallest absolute Gasteiger partial charge is 0.242 e. The van der Waals surface area contributed by atoms with E-state index in [-0.39, 0.29) is 0 Å². The molecule has 1 aliphatic heterocycles. The van der Waals surface area contributed by atoms with Crippen LogP contribution >= 0.6 is 0 Å². The van der Waals surface area contributed by atoms with Crippen LogP contribution < -0.4 is 4.74 Å². The molecule has 0 N–H and O–H groups in total. The van der Waals surface area contributed by atoms with E-state index in [2.05, 4.69) is 21.0 Å². The monoisotopic (exact) mass is 341 g/mol. The summed E-state index contributed by atoms with van der Waals surface area (Å²) in [4.78, 5) is 13.5. The van der Waals surface area contributed by atoms with Crippen LogP contribution in [0, 0.1) is 0 Å². The van der Waals surface area contributed by atoms with Crippen molar-refractivity contribution in [2.24, 2.45) is 4.99 Å². The molecule has 0 aliphatic carbocycles. The normalized spacial score (nSPS) is 12.9. The van der Waals surface area contributed by atoms with E-state index < -0.39 is 0 Å². The standard InChI is InChI=1S/C21H15N3O2/c1-25-16-8-15(11-22-12-16)13-6-7-18-20(10-13)26-21(24-18)19-9-14-4-2-3-5-17(14)23-19/h2-8,10-12H,9H2,1H3. The first-order chi connectivity index (χ1) is 12.8. The molecule has 5 heteroatoms. The summed E-state index contributed by atoms with van der Waals surface area (Å²) < 4.78 is 11.3. The van der Waals surface area contributed by atoms with Gasteiger partial charge in [0.15, 0.2) is 5.58 Å². The molecule has 0 bridgehead atoms. The molecule has 0 radical (unpaired) electrons. The minimum Gasteiger partial charge on any atom is -0.495 e. The third-order valence-electron chi connectivity index (χ3n) is 4.52. The van der Waals surface area contributed by atoms with E-state index in [0.717, 1.165) is 45.8 Å². The van der Waals surface area contributed by atoms with Gasteiger partial charge in [-0.05, 0) is 35.4 Å². The van der Waals surface area contributed by atoms with Gasteiger partial charge in [-0.15, -0.1) is 0 Å². The number of ether oxygens (including phenoxy) is 1. The zero-order valence-electron chi connectivity index (χ0n) is 14.1. The molecule has 0 fully saturated rings. The number of para-hydroxylation sites is 1. The highest BCUT2D eigenvalue weighted by atomic mass is 16.5. The van der Waals surface area contributed by atoms with Crippen molar-refractivity contribution in [1.29, 1.82) is 0 Å². The van der Waals surface area contributed by atoms with E-state index >= 15 is 0 Å². The summed E-state index contributed by atoms with van der Waals surface area (Å²) in [7, 11) is 1.63. The van der Waals surface area contributed by atoms with Gasteiger partial charge in [0.2, 0.25) is 5.89 Å². The fourth-order valence-corrected chi connectivity index (χ4v) is 3.17. The number of fused-ring (bicyclic) bond motifs is 2. The SMILES string of the molecule is COc1cncc(-c2ccc3nc(C4=Nc5ccccc5C4)oc3c2)c1. The van der Waals surface area contributed by atoms with Crippen LogP contribution in [-0.4, -0.2) is 22.8 Å². The molecule has 3 heterocycles. The number of rotatable bonds is 3. The number of benzene rings is 2. The number of nitrogens with zero attached hydrogens (tertiary/aromatic N) is 3. The van der Waals surface area contributed by atoms with Crippen molar-refractivity contribution in [1.82, 2.24) is 9.97 Å². The van der Waals surface area contributed by atoms with Gasteiger partial charge in [-0.25, -0.2) is 9.98 Å². The molecule has 2 aromatic carbocycles. The first-order valence-corrected chi connectivity index (χ1v) is 8.36. The molecule has 0 spiro atoms. The maximum absolute atomic E-state index is 6.01. The Morgan fingerprint density at radius 1 is 1.00 bits per heavy atom. The van der Waals surface area contributed by atoms with Crippen LogP contribution in [0.4, 0.5) is 5.69 Å². The van der Waals surface area contributed by atoms with E-state index in [4.69, 9.17) is 9.15 Å². The first-order valence-electron chi connectivity index (χ1n) is 8.36. The van der Waals surface area contributed by atoms with Crippen LogP contribution in [0.3, 0.4) is 0 Å². The van der Waals surface area contributed by atoms with E-state index in [0.29, 0.717) is 5.89 Å². The Hall–Kier alpha value is -3.47. The zero-order valence-corrected chi connectivity index (χ0v) is 14.1. The molecule has 2 aromatic heterocycles. The highest BCUT2D eigenvalue weighted by molar-refractivity contribution is 6.04. The van der Waals surface area contributed by atoms with Gasteiger partial charge in [-0.1, -0.05) is 24.3 Å². The third kappa shape index (κ3) is 2.45. The lowest BCUT2D eigenvalue weighted by Gasteiger charge is -2.03. The number of aliphatic imine (C=N–C) groups is 1. The number of pyridine rings is 1. The van der Waals surface area contributed by atoms with E-state index in [1.807, 2.05) is 42.5 Å². The van der Waals surface area contributed by atoms with Gasteiger partial charge in [0.25, 0.3) is 0 Å². The lowest BCUT2D eigenvalue weighted by atomic mass is 10.1. The van der Waals surface area contributed by atoms with Crippen LogP contribution in [0.25, 0.3) is 22.2 Å². The lowest BCUT2D eigenvalue weighted by Crippen LogP contribution is -2.00. The Balaban J connectivity index is 1.53. The third-order valence-corrected chi connectivity index (χ3v) is 4.52. The predicted octanol–water partition coefficient (Wildman–Crippen LogP) is 4.58. The fourth-order valence-electron chi connectivity index (χ4n) is 3.17. The summed E-state index contributed by atoms with van der Waals surface area (Å²) >= 11 is 0. The minimum absolute atomic E-state index is 0.581. The molecule has 5 nitrogen and oxygen atoms in total. The molecule has 5 rings (SSSR count). The average molecular weight is 341 g/mol. The van der Waals surface area contributed by atoms with Crippen LogP contribution in [0.5, 0.6) is 5.75 Å². The molecule has 126 valence electrons. The van der Waals surface area contributed by atoms with Crippen molar-refractivity contribution in [3.63, 3.8) is 0 Å². The average Bonchev–Trinajstić information content (AvgIpc) is 3.31. The second-order valence-corrected chi connectivity index (χ2v) is 6.18. The summed E-state index contributed by atoms with van der Waals surface area (Å²) in [6.07, 6.45) is 4.23. The van der Waals surface area contributed by atoms with Crippen molar-refractivity contribution in [3.8, 4) is 16.9 Å². The molecular formula is C21H15N3O2. The van der Waals surface area contributed by atoms with Gasteiger partial charge in [-0.3, -0.25) is 4.98 Å². The maximum atomic E-state index is 6.01. The predicted molar refractivity (Wildman–Crippen MR) is 100 cm³/mol. The Kier molecular flexibility index (Phi) is 3.31. The van der Waals surface area contributed by atoms with Crippen molar-refractivity contribution >= 4 is 22.5 Å². The van der Waals surface area contributed by atoms with E-state index in [1.165, 1.54) is 5.56 Å². The van der Waals surface area contributed by atoms with Crippen LogP contribution in [0.2, 0.25) is 0 Å². The zero-order chi connectivity index (χ0) is 17.5. The van der Waals surface area contributed by atoms with Crippen molar-refractivity contribution in [3.05, 3.63) is 72.4 Å². The van der Waals surface area contributed by atoms with Crippen LogP contribution in [-0.2, 0) is 6.42 Å². The quantitative estimate of drug-likeness (QED) is 0.547. The van der Waals surface area contributed by atoms with Crippen molar-refractivity contribution in [2.75, 3.05) is 7.11 Å². The second kappa shape index (κ2) is 5.81. The summed E-state index contributed by atoms with van der Waals surface area (Å²) in [5.41, 5.74) is 6.59. The first kappa shape index (κ1) is 14.8. The Bertz CT molecular complexity index is 1160. The van der Waals surface area contributed by atoms with Gasteiger partial charge in [0, 0.05) is 18.2 Å². The Labute approximate surface area is 150 Å². The second-order valence-electron chi connectivity index (χ2n) is 6.18. The maximum Gasteiger partial charge on any atom is 0.242 e. The molecular weight excluding hydrogens is 326 g/mol. The summed E-state index contributed by atoms with van der Waals surface area (Å²) in [6.45, 7) is 0.